The largest absolute Gasteiger partial charge is 0.378 e. The number of nitro benzene ring substituents is 1. The van der Waals surface area contributed by atoms with Crippen LogP contribution in [-0.4, -0.2) is 17.0 Å². The maximum atomic E-state index is 10.9. The first-order valence-corrected chi connectivity index (χ1v) is 6.03. The molecule has 0 amide bonds. The summed E-state index contributed by atoms with van der Waals surface area (Å²) >= 11 is 0. The fourth-order valence-corrected chi connectivity index (χ4v) is 1.64. The van der Waals surface area contributed by atoms with Crippen LogP contribution in [0.15, 0.2) is 18.2 Å². The van der Waals surface area contributed by atoms with Crippen LogP contribution in [0.5, 0.6) is 0 Å². The molecule has 0 spiro atoms. The number of nitro groups is 1. The topological polar surface area (TPSA) is 81.2 Å². The molecule has 1 unspecified atom stereocenters. The Kier molecular flexibility index (Phi) is 4.29. The normalized spacial score (nSPS) is 14.3. The number of anilines is 1. The first kappa shape index (κ1) is 14.4. The van der Waals surface area contributed by atoms with Gasteiger partial charge in [0.2, 0.25) is 0 Å². The monoisotopic (exact) mass is 251 g/mol. The molecule has 0 aromatic heterocycles. The van der Waals surface area contributed by atoms with Crippen molar-refractivity contribution in [3.8, 4) is 0 Å². The Hall–Kier alpha value is -1.62. The Labute approximate surface area is 108 Å². The van der Waals surface area contributed by atoms with Gasteiger partial charge in [0.1, 0.15) is 0 Å². The third-order valence-electron chi connectivity index (χ3n) is 3.53. The van der Waals surface area contributed by atoms with Gasteiger partial charge >= 0.3 is 0 Å². The minimum Gasteiger partial charge on any atom is -0.378 e. The minimum absolute atomic E-state index is 0.128. The highest BCUT2D eigenvalue weighted by molar-refractivity contribution is 5.56. The molecular formula is C13H21N3O2. The smallest absolute Gasteiger partial charge is 0.274 e. The molecular weight excluding hydrogens is 230 g/mol. The summed E-state index contributed by atoms with van der Waals surface area (Å²) in [6, 6.07) is 5.15. The zero-order valence-electron chi connectivity index (χ0n) is 11.4. The van der Waals surface area contributed by atoms with E-state index in [1.54, 1.807) is 19.1 Å². The highest BCUT2D eigenvalue weighted by Crippen LogP contribution is 2.27. The molecule has 1 atom stereocenters. The van der Waals surface area contributed by atoms with Gasteiger partial charge in [-0.05, 0) is 25.8 Å². The molecule has 3 N–H and O–H groups in total. The van der Waals surface area contributed by atoms with Crippen LogP contribution in [0.1, 0.15) is 26.3 Å². The van der Waals surface area contributed by atoms with Gasteiger partial charge in [-0.15, -0.1) is 0 Å². The lowest BCUT2D eigenvalue weighted by Crippen LogP contribution is -2.47. The van der Waals surface area contributed by atoms with Crippen molar-refractivity contribution in [2.45, 2.75) is 33.2 Å². The van der Waals surface area contributed by atoms with Crippen LogP contribution >= 0.6 is 0 Å². The van der Waals surface area contributed by atoms with Crippen LogP contribution in [0.25, 0.3) is 0 Å². The Bertz CT molecular complexity index is 446. The molecule has 0 saturated carbocycles. The van der Waals surface area contributed by atoms with Crippen LogP contribution in [-0.2, 0) is 0 Å². The van der Waals surface area contributed by atoms with E-state index in [-0.39, 0.29) is 16.1 Å². The van der Waals surface area contributed by atoms with Crippen LogP contribution in [0, 0.1) is 23.0 Å². The van der Waals surface area contributed by atoms with E-state index < -0.39 is 0 Å². The summed E-state index contributed by atoms with van der Waals surface area (Å²) in [7, 11) is 0. The van der Waals surface area contributed by atoms with Gasteiger partial charge in [-0.3, -0.25) is 10.1 Å². The summed E-state index contributed by atoms with van der Waals surface area (Å²) in [6.07, 6.45) is 0. The molecule has 0 aliphatic heterocycles. The molecule has 5 heteroatoms. The maximum Gasteiger partial charge on any atom is 0.274 e. The number of aryl methyl sites for hydroxylation is 1. The fourth-order valence-electron chi connectivity index (χ4n) is 1.64. The summed E-state index contributed by atoms with van der Waals surface area (Å²) in [4.78, 5) is 10.5. The quantitative estimate of drug-likeness (QED) is 0.622. The molecule has 5 nitrogen and oxygen atoms in total. The summed E-state index contributed by atoms with van der Waals surface area (Å²) < 4.78 is 0. The van der Waals surface area contributed by atoms with Gasteiger partial charge in [0.05, 0.1) is 4.92 Å². The van der Waals surface area contributed by atoms with Crippen molar-refractivity contribution < 1.29 is 4.92 Å². The number of hydrogen-bond acceptors (Lipinski definition) is 4. The zero-order valence-corrected chi connectivity index (χ0v) is 11.4. The molecule has 0 aliphatic rings. The Morgan fingerprint density at radius 1 is 1.50 bits per heavy atom. The second-order valence-corrected chi connectivity index (χ2v) is 5.16. The van der Waals surface area contributed by atoms with Crippen molar-refractivity contribution in [1.29, 1.82) is 0 Å². The molecule has 1 rings (SSSR count). The summed E-state index contributed by atoms with van der Waals surface area (Å²) in [5.41, 5.74) is 7.03. The molecule has 18 heavy (non-hydrogen) atoms. The summed E-state index contributed by atoms with van der Waals surface area (Å²) in [6.45, 7) is 8.35. The lowest BCUT2D eigenvalue weighted by molar-refractivity contribution is -0.385. The third-order valence-corrected chi connectivity index (χ3v) is 3.53. The van der Waals surface area contributed by atoms with Crippen LogP contribution in [0.3, 0.4) is 0 Å². The Balaban J connectivity index is 3.05. The number of benzene rings is 1. The number of nitrogens with one attached hydrogen (secondary N) is 1. The molecule has 100 valence electrons. The van der Waals surface area contributed by atoms with Gasteiger partial charge < -0.3 is 11.1 Å². The van der Waals surface area contributed by atoms with E-state index in [2.05, 4.69) is 19.2 Å². The van der Waals surface area contributed by atoms with E-state index in [4.69, 9.17) is 5.73 Å². The van der Waals surface area contributed by atoms with Gasteiger partial charge in [-0.1, -0.05) is 19.9 Å². The van der Waals surface area contributed by atoms with E-state index >= 15 is 0 Å². The Morgan fingerprint density at radius 2 is 2.11 bits per heavy atom. The van der Waals surface area contributed by atoms with E-state index in [1.807, 2.05) is 13.0 Å². The van der Waals surface area contributed by atoms with Gasteiger partial charge in [0.15, 0.2) is 0 Å². The minimum atomic E-state index is -0.365. The second-order valence-electron chi connectivity index (χ2n) is 5.16. The van der Waals surface area contributed by atoms with Crippen LogP contribution in [0.4, 0.5) is 11.4 Å². The molecule has 0 heterocycles. The molecule has 0 bridgehead atoms. The van der Waals surface area contributed by atoms with Gasteiger partial charge in [0.25, 0.3) is 5.69 Å². The van der Waals surface area contributed by atoms with Gasteiger partial charge in [-0.2, -0.15) is 0 Å². The standard InChI is InChI=1S/C13H21N3O2/c1-9(2)13(4,8-14)15-11-6-5-10(3)12(7-11)16(17)18/h5-7,9,15H,8,14H2,1-4H3. The van der Waals surface area contributed by atoms with E-state index in [0.29, 0.717) is 18.0 Å². The second kappa shape index (κ2) is 5.35. The zero-order chi connectivity index (χ0) is 13.9. The number of nitrogens with two attached hydrogens (primary N) is 1. The van der Waals surface area contributed by atoms with Crippen molar-refractivity contribution >= 4 is 11.4 Å². The maximum absolute atomic E-state index is 10.9. The predicted octanol–water partition coefficient (Wildman–Crippen LogP) is 2.69. The van der Waals surface area contributed by atoms with Gasteiger partial charge in [-0.25, -0.2) is 0 Å². The highest BCUT2D eigenvalue weighted by Gasteiger charge is 2.27. The molecule has 0 radical (unpaired) electrons. The number of hydrogen-bond donors (Lipinski definition) is 2. The molecule has 1 aromatic carbocycles. The van der Waals surface area contributed by atoms with E-state index in [0.717, 1.165) is 5.69 Å². The lowest BCUT2D eigenvalue weighted by atomic mass is 9.88. The van der Waals surface area contributed by atoms with E-state index in [1.165, 1.54) is 0 Å². The molecule has 1 aromatic rings. The lowest BCUT2D eigenvalue weighted by Gasteiger charge is -2.34. The fraction of sp³-hybridized carbons (Fsp3) is 0.538. The van der Waals surface area contributed by atoms with Crippen LogP contribution in [0.2, 0.25) is 0 Å². The van der Waals surface area contributed by atoms with Crippen molar-refractivity contribution in [2.24, 2.45) is 11.7 Å². The predicted molar refractivity (Wildman–Crippen MR) is 73.8 cm³/mol. The molecule has 0 aliphatic carbocycles. The van der Waals surface area contributed by atoms with Crippen molar-refractivity contribution in [1.82, 2.24) is 0 Å². The number of nitrogens with zero attached hydrogens (tertiary/aromatic N) is 1. The summed E-state index contributed by atoms with van der Waals surface area (Å²) in [5, 5.41) is 14.2. The Morgan fingerprint density at radius 3 is 2.56 bits per heavy atom. The van der Waals surface area contributed by atoms with Crippen LogP contribution < -0.4 is 11.1 Å². The average Bonchev–Trinajstić information content (AvgIpc) is 2.30. The first-order chi connectivity index (χ1) is 8.30. The molecule has 0 saturated heterocycles. The molecule has 0 fully saturated rings. The van der Waals surface area contributed by atoms with Crippen molar-refractivity contribution in [2.75, 3.05) is 11.9 Å². The highest BCUT2D eigenvalue weighted by atomic mass is 16.6. The number of rotatable bonds is 5. The van der Waals surface area contributed by atoms with Gasteiger partial charge in [0, 0.05) is 29.4 Å². The van der Waals surface area contributed by atoms with Crippen molar-refractivity contribution in [3.05, 3.63) is 33.9 Å². The van der Waals surface area contributed by atoms with Crippen molar-refractivity contribution in [3.63, 3.8) is 0 Å². The third kappa shape index (κ3) is 2.98. The summed E-state index contributed by atoms with van der Waals surface area (Å²) in [5.74, 6) is 0.322. The average molecular weight is 251 g/mol. The SMILES string of the molecule is Cc1ccc(NC(C)(CN)C(C)C)cc1[N+](=O)[O-]. The first-order valence-electron chi connectivity index (χ1n) is 6.03. The van der Waals surface area contributed by atoms with E-state index in [9.17, 15) is 10.1 Å².